The van der Waals surface area contributed by atoms with Crippen LogP contribution < -0.4 is 10.1 Å². The van der Waals surface area contributed by atoms with Gasteiger partial charge in [0.2, 0.25) is 0 Å². The molecule has 4 heteroatoms. The number of amides is 1. The molecule has 0 radical (unpaired) electrons. The summed E-state index contributed by atoms with van der Waals surface area (Å²) in [4.78, 5) is 12.0. The Bertz CT molecular complexity index is 670. The number of carbonyl (C=O) groups excluding carboxylic acids is 1. The molecule has 116 valence electrons. The third-order valence-electron chi connectivity index (χ3n) is 3.44. The summed E-state index contributed by atoms with van der Waals surface area (Å²) in [6.45, 7) is 5.83. The van der Waals surface area contributed by atoms with Crippen LogP contribution in [0.1, 0.15) is 29.7 Å². The minimum Gasteiger partial charge on any atom is -0.484 e. The predicted molar refractivity (Wildman–Crippen MR) is 84.4 cm³/mol. The molecule has 1 atom stereocenters. The van der Waals surface area contributed by atoms with Crippen LogP contribution in [0.3, 0.4) is 0 Å². The molecule has 2 aromatic rings. The molecule has 0 heterocycles. The lowest BCUT2D eigenvalue weighted by Gasteiger charge is -2.17. The Balaban J connectivity index is 1.92. The van der Waals surface area contributed by atoms with E-state index >= 15 is 0 Å². The molecule has 0 aliphatic rings. The van der Waals surface area contributed by atoms with Crippen LogP contribution in [-0.4, -0.2) is 12.5 Å². The van der Waals surface area contributed by atoms with Crippen molar-refractivity contribution in [2.45, 2.75) is 26.8 Å². The van der Waals surface area contributed by atoms with Crippen molar-refractivity contribution in [2.24, 2.45) is 0 Å². The summed E-state index contributed by atoms with van der Waals surface area (Å²) >= 11 is 0. The third-order valence-corrected chi connectivity index (χ3v) is 3.44. The van der Waals surface area contributed by atoms with E-state index in [1.54, 1.807) is 12.1 Å². The molecule has 3 nitrogen and oxygen atoms in total. The number of aryl methyl sites for hydroxylation is 2. The first-order chi connectivity index (χ1) is 10.5. The van der Waals surface area contributed by atoms with Crippen molar-refractivity contribution in [1.29, 1.82) is 0 Å². The molecule has 1 amide bonds. The van der Waals surface area contributed by atoms with E-state index in [4.69, 9.17) is 4.74 Å². The number of hydrogen-bond donors (Lipinski definition) is 1. The number of nitrogens with one attached hydrogen (secondary N) is 1. The van der Waals surface area contributed by atoms with E-state index < -0.39 is 0 Å². The SMILES string of the molecule is Cc1ccc(C)c(C(C)NC(=O)COc2cccc(F)c2)c1. The standard InChI is InChI=1S/C18H20FNO2/c1-12-7-8-13(2)17(9-12)14(3)20-18(21)11-22-16-6-4-5-15(19)10-16/h4-10,14H,11H2,1-3H3,(H,20,21). The summed E-state index contributed by atoms with van der Waals surface area (Å²) < 4.78 is 18.3. The zero-order valence-electron chi connectivity index (χ0n) is 13.0. The number of carbonyl (C=O) groups is 1. The molecule has 0 aliphatic carbocycles. The molecule has 0 bridgehead atoms. The minimum absolute atomic E-state index is 0.108. The summed E-state index contributed by atoms with van der Waals surface area (Å²) in [5.74, 6) is -0.283. The predicted octanol–water partition coefficient (Wildman–Crippen LogP) is 3.70. The van der Waals surface area contributed by atoms with Gasteiger partial charge in [0.1, 0.15) is 11.6 Å². The lowest BCUT2D eigenvalue weighted by molar-refractivity contribution is -0.123. The van der Waals surface area contributed by atoms with Crippen LogP contribution in [0.15, 0.2) is 42.5 Å². The Labute approximate surface area is 130 Å². The Morgan fingerprint density at radius 3 is 2.73 bits per heavy atom. The topological polar surface area (TPSA) is 38.3 Å². The molecular weight excluding hydrogens is 281 g/mol. The number of hydrogen-bond acceptors (Lipinski definition) is 2. The maximum atomic E-state index is 13.0. The highest BCUT2D eigenvalue weighted by molar-refractivity contribution is 5.78. The summed E-state index contributed by atoms with van der Waals surface area (Å²) in [6.07, 6.45) is 0. The van der Waals surface area contributed by atoms with Crippen molar-refractivity contribution in [2.75, 3.05) is 6.61 Å². The molecule has 1 N–H and O–H groups in total. The molecule has 22 heavy (non-hydrogen) atoms. The Hall–Kier alpha value is -2.36. The first kappa shape index (κ1) is 16.0. The quantitative estimate of drug-likeness (QED) is 0.914. The van der Waals surface area contributed by atoms with Gasteiger partial charge in [0.15, 0.2) is 6.61 Å². The molecule has 0 fully saturated rings. The van der Waals surface area contributed by atoms with Crippen molar-refractivity contribution < 1.29 is 13.9 Å². The zero-order chi connectivity index (χ0) is 16.1. The van der Waals surface area contributed by atoms with Gasteiger partial charge >= 0.3 is 0 Å². The van der Waals surface area contributed by atoms with Crippen molar-refractivity contribution in [3.8, 4) is 5.75 Å². The number of rotatable bonds is 5. The number of benzene rings is 2. The van der Waals surface area contributed by atoms with Gasteiger partial charge in [0, 0.05) is 6.07 Å². The fourth-order valence-electron chi connectivity index (χ4n) is 2.29. The van der Waals surface area contributed by atoms with Crippen LogP contribution in [0.5, 0.6) is 5.75 Å². The van der Waals surface area contributed by atoms with Gasteiger partial charge in [-0.15, -0.1) is 0 Å². The van der Waals surface area contributed by atoms with Crippen molar-refractivity contribution >= 4 is 5.91 Å². The second-order valence-corrected chi connectivity index (χ2v) is 5.40. The fraction of sp³-hybridized carbons (Fsp3) is 0.278. The van der Waals surface area contributed by atoms with E-state index in [9.17, 15) is 9.18 Å². The van der Waals surface area contributed by atoms with Crippen LogP contribution in [0.4, 0.5) is 4.39 Å². The van der Waals surface area contributed by atoms with Crippen LogP contribution in [0, 0.1) is 19.7 Å². The lowest BCUT2D eigenvalue weighted by atomic mass is 10.00. The highest BCUT2D eigenvalue weighted by Crippen LogP contribution is 2.19. The summed E-state index contributed by atoms with van der Waals surface area (Å²) in [7, 11) is 0. The normalized spacial score (nSPS) is 11.8. The smallest absolute Gasteiger partial charge is 0.258 e. The van der Waals surface area contributed by atoms with Crippen LogP contribution in [0.2, 0.25) is 0 Å². The average Bonchev–Trinajstić information content (AvgIpc) is 2.47. The summed E-state index contributed by atoms with van der Waals surface area (Å²) in [6, 6.07) is 11.8. The summed E-state index contributed by atoms with van der Waals surface area (Å²) in [5.41, 5.74) is 3.36. The molecule has 0 saturated heterocycles. The van der Waals surface area contributed by atoms with Gasteiger partial charge in [-0.25, -0.2) is 4.39 Å². The molecule has 0 saturated carbocycles. The monoisotopic (exact) mass is 301 g/mol. The van der Waals surface area contributed by atoms with Crippen molar-refractivity contribution in [3.05, 3.63) is 65.0 Å². The van der Waals surface area contributed by atoms with E-state index in [0.717, 1.165) is 16.7 Å². The van der Waals surface area contributed by atoms with Crippen molar-refractivity contribution in [1.82, 2.24) is 5.32 Å². The minimum atomic E-state index is -0.387. The fourth-order valence-corrected chi connectivity index (χ4v) is 2.29. The number of halogens is 1. The lowest BCUT2D eigenvalue weighted by Crippen LogP contribution is -2.31. The average molecular weight is 301 g/mol. The highest BCUT2D eigenvalue weighted by atomic mass is 19.1. The van der Waals surface area contributed by atoms with E-state index in [-0.39, 0.29) is 24.4 Å². The largest absolute Gasteiger partial charge is 0.484 e. The Kier molecular flexibility index (Phi) is 5.15. The first-order valence-corrected chi connectivity index (χ1v) is 7.20. The molecule has 0 aliphatic heterocycles. The molecule has 2 rings (SSSR count). The number of ether oxygens (including phenoxy) is 1. The molecule has 2 aromatic carbocycles. The van der Waals surface area contributed by atoms with Gasteiger partial charge in [-0.2, -0.15) is 0 Å². The first-order valence-electron chi connectivity index (χ1n) is 7.20. The molecule has 1 unspecified atom stereocenters. The van der Waals surface area contributed by atoms with E-state index in [2.05, 4.69) is 11.4 Å². The van der Waals surface area contributed by atoms with Crippen LogP contribution in [0.25, 0.3) is 0 Å². The Morgan fingerprint density at radius 2 is 2.00 bits per heavy atom. The highest BCUT2D eigenvalue weighted by Gasteiger charge is 2.12. The maximum Gasteiger partial charge on any atom is 0.258 e. The molecular formula is C18H20FNO2. The van der Waals surface area contributed by atoms with Crippen LogP contribution in [-0.2, 0) is 4.79 Å². The Morgan fingerprint density at radius 1 is 1.23 bits per heavy atom. The molecule has 0 aromatic heterocycles. The summed E-state index contributed by atoms with van der Waals surface area (Å²) in [5, 5.41) is 2.89. The second kappa shape index (κ2) is 7.07. The second-order valence-electron chi connectivity index (χ2n) is 5.40. The van der Waals surface area contributed by atoms with Gasteiger partial charge in [0.05, 0.1) is 6.04 Å². The molecule has 0 spiro atoms. The maximum absolute atomic E-state index is 13.0. The van der Waals surface area contributed by atoms with E-state index in [1.807, 2.05) is 32.9 Å². The van der Waals surface area contributed by atoms with Gasteiger partial charge < -0.3 is 10.1 Å². The van der Waals surface area contributed by atoms with E-state index in [0.29, 0.717) is 5.75 Å². The third kappa shape index (κ3) is 4.32. The van der Waals surface area contributed by atoms with Gasteiger partial charge in [-0.1, -0.05) is 29.8 Å². The van der Waals surface area contributed by atoms with E-state index in [1.165, 1.54) is 12.1 Å². The van der Waals surface area contributed by atoms with Gasteiger partial charge in [0.25, 0.3) is 5.91 Å². The van der Waals surface area contributed by atoms with Gasteiger partial charge in [-0.3, -0.25) is 4.79 Å². The van der Waals surface area contributed by atoms with Crippen LogP contribution >= 0.6 is 0 Å². The van der Waals surface area contributed by atoms with Gasteiger partial charge in [-0.05, 0) is 44.0 Å². The zero-order valence-corrected chi connectivity index (χ0v) is 13.0. The van der Waals surface area contributed by atoms with Crippen molar-refractivity contribution in [3.63, 3.8) is 0 Å².